The van der Waals surface area contributed by atoms with E-state index in [1.807, 2.05) is 0 Å². The minimum Gasteiger partial charge on any atom is -0.357 e. The number of aromatic nitrogens is 1. The summed E-state index contributed by atoms with van der Waals surface area (Å²) in [6.07, 6.45) is 0. The van der Waals surface area contributed by atoms with E-state index in [9.17, 15) is 8.78 Å². The van der Waals surface area contributed by atoms with Crippen LogP contribution < -0.4 is 5.32 Å². The summed E-state index contributed by atoms with van der Waals surface area (Å²) in [4.78, 5) is 3.93. The minimum atomic E-state index is -0.463. The Morgan fingerprint density at radius 3 is 2.88 bits per heavy atom. The predicted molar refractivity (Wildman–Crippen MR) is 60.8 cm³/mol. The second kappa shape index (κ2) is 4.76. The van der Waals surface area contributed by atoms with Gasteiger partial charge in [-0.25, -0.2) is 13.8 Å². The zero-order valence-corrected chi connectivity index (χ0v) is 9.58. The van der Waals surface area contributed by atoms with Crippen molar-refractivity contribution in [2.24, 2.45) is 0 Å². The van der Waals surface area contributed by atoms with Gasteiger partial charge in [0.25, 0.3) is 0 Å². The topological polar surface area (TPSA) is 24.9 Å². The third-order valence-electron chi connectivity index (χ3n) is 1.91. The molecule has 0 fully saturated rings. The van der Waals surface area contributed by atoms with Gasteiger partial charge in [0.05, 0.1) is 0 Å². The first-order valence-corrected chi connectivity index (χ1v) is 5.70. The number of halogens is 3. The van der Waals surface area contributed by atoms with E-state index in [2.05, 4.69) is 10.3 Å². The van der Waals surface area contributed by atoms with Crippen molar-refractivity contribution in [2.75, 3.05) is 5.32 Å². The van der Waals surface area contributed by atoms with Gasteiger partial charge in [-0.1, -0.05) is 11.6 Å². The largest absolute Gasteiger partial charge is 0.357 e. The van der Waals surface area contributed by atoms with E-state index >= 15 is 0 Å². The summed E-state index contributed by atoms with van der Waals surface area (Å²) in [6.45, 7) is 0.174. The Kier molecular flexibility index (Phi) is 3.36. The van der Waals surface area contributed by atoms with Crippen molar-refractivity contribution in [1.29, 1.82) is 0 Å². The van der Waals surface area contributed by atoms with E-state index in [1.165, 1.54) is 11.3 Å². The van der Waals surface area contributed by atoms with Gasteiger partial charge in [0, 0.05) is 17.5 Å². The molecule has 1 heterocycles. The Morgan fingerprint density at radius 1 is 1.38 bits per heavy atom. The number of anilines is 1. The molecule has 0 unspecified atom stereocenters. The molecule has 0 radical (unpaired) electrons. The Bertz CT molecular complexity index is 501. The molecule has 0 amide bonds. The molecule has 0 bridgehead atoms. The van der Waals surface area contributed by atoms with Crippen LogP contribution in [0.25, 0.3) is 0 Å². The van der Waals surface area contributed by atoms with Crippen LogP contribution in [-0.2, 0) is 6.54 Å². The lowest BCUT2D eigenvalue weighted by atomic mass is 10.2. The molecular weight excluding hydrogens is 254 g/mol. The number of nitrogens with one attached hydrogen (secondary N) is 1. The molecule has 2 rings (SSSR count). The molecule has 2 aromatic rings. The van der Waals surface area contributed by atoms with Crippen LogP contribution in [0.15, 0.2) is 23.6 Å². The molecule has 0 atom stereocenters. The van der Waals surface area contributed by atoms with Crippen LogP contribution in [0.3, 0.4) is 0 Å². The fourth-order valence-electron chi connectivity index (χ4n) is 1.18. The predicted octanol–water partition coefficient (Wildman–Crippen LogP) is 3.69. The summed E-state index contributed by atoms with van der Waals surface area (Å²) in [6, 6.07) is 3.33. The highest BCUT2D eigenvalue weighted by molar-refractivity contribution is 7.14. The van der Waals surface area contributed by atoms with Gasteiger partial charge in [0.2, 0.25) is 0 Å². The van der Waals surface area contributed by atoms with E-state index in [1.54, 1.807) is 5.38 Å². The van der Waals surface area contributed by atoms with Gasteiger partial charge in [-0.2, -0.15) is 0 Å². The SMILES string of the molecule is Fc1ccc(F)c(CNc2nc(Cl)cs2)c1. The van der Waals surface area contributed by atoms with Crippen LogP contribution in [0.2, 0.25) is 5.15 Å². The third-order valence-corrected chi connectivity index (χ3v) is 3.04. The van der Waals surface area contributed by atoms with Gasteiger partial charge < -0.3 is 5.32 Å². The standard InChI is InChI=1S/C10H7ClF2N2S/c11-9-5-16-10(15-9)14-4-6-3-7(12)1-2-8(6)13/h1-3,5H,4H2,(H,14,15). The fourth-order valence-corrected chi connectivity index (χ4v) is 2.02. The zero-order valence-electron chi connectivity index (χ0n) is 8.01. The van der Waals surface area contributed by atoms with Crippen LogP contribution in [0.1, 0.15) is 5.56 Å². The monoisotopic (exact) mass is 260 g/mol. The number of thiazole rings is 1. The lowest BCUT2D eigenvalue weighted by Crippen LogP contribution is -2.01. The van der Waals surface area contributed by atoms with Crippen molar-refractivity contribution < 1.29 is 8.78 Å². The van der Waals surface area contributed by atoms with Crippen molar-refractivity contribution >= 4 is 28.1 Å². The molecule has 1 aromatic heterocycles. The van der Waals surface area contributed by atoms with E-state index in [0.29, 0.717) is 10.3 Å². The molecule has 0 aliphatic rings. The molecule has 0 aliphatic carbocycles. The number of benzene rings is 1. The number of rotatable bonds is 3. The molecular formula is C10H7ClF2N2S. The second-order valence-electron chi connectivity index (χ2n) is 3.06. The van der Waals surface area contributed by atoms with Crippen molar-refractivity contribution in [2.45, 2.75) is 6.54 Å². The lowest BCUT2D eigenvalue weighted by molar-refractivity contribution is 0.587. The first-order valence-electron chi connectivity index (χ1n) is 4.44. The quantitative estimate of drug-likeness (QED) is 0.910. The molecule has 6 heteroatoms. The third kappa shape index (κ3) is 2.68. The molecule has 1 N–H and O–H groups in total. The van der Waals surface area contributed by atoms with E-state index in [-0.39, 0.29) is 12.1 Å². The number of hydrogen-bond acceptors (Lipinski definition) is 3. The maximum Gasteiger partial charge on any atom is 0.184 e. The maximum absolute atomic E-state index is 13.2. The van der Waals surface area contributed by atoms with Crippen LogP contribution in [0.4, 0.5) is 13.9 Å². The summed E-state index contributed by atoms with van der Waals surface area (Å²) in [5.74, 6) is -0.910. The Morgan fingerprint density at radius 2 is 2.19 bits per heavy atom. The van der Waals surface area contributed by atoms with Crippen LogP contribution in [-0.4, -0.2) is 4.98 Å². The van der Waals surface area contributed by atoms with Gasteiger partial charge >= 0.3 is 0 Å². The average molecular weight is 261 g/mol. The summed E-state index contributed by atoms with van der Waals surface area (Å²) in [7, 11) is 0. The summed E-state index contributed by atoms with van der Waals surface area (Å²) in [5, 5.41) is 5.48. The van der Waals surface area contributed by atoms with Gasteiger partial charge in [-0.15, -0.1) is 11.3 Å². The van der Waals surface area contributed by atoms with E-state index < -0.39 is 11.6 Å². The zero-order chi connectivity index (χ0) is 11.5. The molecule has 0 saturated heterocycles. The normalized spacial score (nSPS) is 10.4. The van der Waals surface area contributed by atoms with Crippen LogP contribution in [0.5, 0.6) is 0 Å². The molecule has 2 nitrogen and oxygen atoms in total. The Labute approximate surface area is 99.9 Å². The van der Waals surface area contributed by atoms with Gasteiger partial charge in [-0.05, 0) is 18.2 Å². The molecule has 0 saturated carbocycles. The molecule has 1 aromatic carbocycles. The summed E-state index contributed by atoms with van der Waals surface area (Å²) < 4.78 is 26.1. The lowest BCUT2D eigenvalue weighted by Gasteiger charge is -2.04. The number of nitrogens with zero attached hydrogens (tertiary/aromatic N) is 1. The van der Waals surface area contributed by atoms with Gasteiger partial charge in [0.1, 0.15) is 16.8 Å². The average Bonchev–Trinajstić information content (AvgIpc) is 2.66. The number of hydrogen-bond donors (Lipinski definition) is 1. The van der Waals surface area contributed by atoms with E-state index in [0.717, 1.165) is 18.2 Å². The highest BCUT2D eigenvalue weighted by Crippen LogP contribution is 2.20. The minimum absolute atomic E-state index is 0.174. The second-order valence-corrected chi connectivity index (χ2v) is 4.31. The smallest absolute Gasteiger partial charge is 0.184 e. The van der Waals surface area contributed by atoms with Crippen molar-refractivity contribution in [1.82, 2.24) is 4.98 Å². The molecule has 0 aliphatic heterocycles. The highest BCUT2D eigenvalue weighted by Gasteiger charge is 2.05. The Hall–Kier alpha value is -1.20. The summed E-state index contributed by atoms with van der Waals surface area (Å²) >= 11 is 6.93. The summed E-state index contributed by atoms with van der Waals surface area (Å²) in [5.41, 5.74) is 0.256. The molecule has 16 heavy (non-hydrogen) atoms. The van der Waals surface area contributed by atoms with Crippen molar-refractivity contribution in [3.63, 3.8) is 0 Å². The van der Waals surface area contributed by atoms with Gasteiger partial charge in [-0.3, -0.25) is 0 Å². The van der Waals surface area contributed by atoms with Crippen molar-refractivity contribution in [3.05, 3.63) is 45.9 Å². The van der Waals surface area contributed by atoms with E-state index in [4.69, 9.17) is 11.6 Å². The van der Waals surface area contributed by atoms with Gasteiger partial charge in [0.15, 0.2) is 5.13 Å². The Balaban J connectivity index is 2.07. The highest BCUT2D eigenvalue weighted by atomic mass is 35.5. The van der Waals surface area contributed by atoms with Crippen molar-refractivity contribution in [3.8, 4) is 0 Å². The first-order chi connectivity index (χ1) is 7.65. The fraction of sp³-hybridized carbons (Fsp3) is 0.100. The van der Waals surface area contributed by atoms with Crippen LogP contribution in [0, 0.1) is 11.6 Å². The molecule has 0 spiro atoms. The molecule has 84 valence electrons. The maximum atomic E-state index is 13.2. The van der Waals surface area contributed by atoms with Crippen LogP contribution >= 0.6 is 22.9 Å². The first kappa shape index (κ1) is 11.3.